The van der Waals surface area contributed by atoms with Crippen LogP contribution in [0.1, 0.15) is 6.42 Å². The average molecular weight is 159 g/mol. The van der Waals surface area contributed by atoms with E-state index in [-0.39, 0.29) is 5.96 Å². The Labute approximate surface area is 64.8 Å². The van der Waals surface area contributed by atoms with E-state index in [0.717, 1.165) is 6.42 Å². The van der Waals surface area contributed by atoms with Crippen LogP contribution in [0.2, 0.25) is 0 Å². The third-order valence-corrected chi connectivity index (χ3v) is 0.896. The molecular formula is C5H13N5O. The van der Waals surface area contributed by atoms with Gasteiger partial charge < -0.3 is 17.2 Å². The van der Waals surface area contributed by atoms with Gasteiger partial charge >= 0.3 is 6.03 Å². The highest BCUT2D eigenvalue weighted by molar-refractivity contribution is 5.94. The molecule has 0 aromatic carbocycles. The van der Waals surface area contributed by atoms with Gasteiger partial charge in [-0.1, -0.05) is 0 Å². The third kappa shape index (κ3) is 6.59. The molecule has 0 fully saturated rings. The first-order valence-corrected chi connectivity index (χ1v) is 3.23. The highest BCUT2D eigenvalue weighted by Gasteiger charge is 1.93. The quantitative estimate of drug-likeness (QED) is 0.223. The summed E-state index contributed by atoms with van der Waals surface area (Å²) < 4.78 is 0. The second-order valence-corrected chi connectivity index (χ2v) is 1.90. The normalized spacial score (nSPS) is 11.2. The van der Waals surface area contributed by atoms with Gasteiger partial charge in [0.05, 0.1) is 0 Å². The minimum Gasteiger partial charge on any atom is -0.370 e. The van der Waals surface area contributed by atoms with Crippen LogP contribution in [0.5, 0.6) is 0 Å². The number of aliphatic imine (C=N–C) groups is 1. The summed E-state index contributed by atoms with van der Waals surface area (Å²) in [7, 11) is 0. The zero-order valence-corrected chi connectivity index (χ0v) is 6.21. The van der Waals surface area contributed by atoms with E-state index in [1.165, 1.54) is 0 Å². The molecule has 11 heavy (non-hydrogen) atoms. The number of primary amides is 1. The minimum absolute atomic E-state index is 0.0333. The van der Waals surface area contributed by atoms with Crippen LogP contribution in [0, 0.1) is 0 Å². The number of carbonyl (C=O) groups is 1. The minimum atomic E-state index is -0.709. The summed E-state index contributed by atoms with van der Waals surface area (Å²) in [5, 5.41) is 2.13. The maximum atomic E-state index is 10.2. The number of nitrogens with zero attached hydrogens (tertiary/aromatic N) is 1. The number of amides is 2. The lowest BCUT2D eigenvalue weighted by atomic mass is 10.4. The lowest BCUT2D eigenvalue weighted by Gasteiger charge is -1.98. The van der Waals surface area contributed by atoms with E-state index < -0.39 is 6.03 Å². The van der Waals surface area contributed by atoms with Gasteiger partial charge in [-0.05, 0) is 13.0 Å². The Morgan fingerprint density at radius 2 is 2.09 bits per heavy atom. The predicted molar refractivity (Wildman–Crippen MR) is 42.9 cm³/mol. The summed E-state index contributed by atoms with van der Waals surface area (Å²) in [6, 6.07) is -0.709. The second-order valence-electron chi connectivity index (χ2n) is 1.90. The Morgan fingerprint density at radius 1 is 1.45 bits per heavy atom. The Bertz CT molecular complexity index is 155. The van der Waals surface area contributed by atoms with Gasteiger partial charge in [0.2, 0.25) is 0 Å². The van der Waals surface area contributed by atoms with E-state index in [2.05, 4.69) is 10.3 Å². The van der Waals surface area contributed by atoms with Crippen LogP contribution < -0.4 is 22.5 Å². The van der Waals surface area contributed by atoms with Crippen molar-refractivity contribution in [3.05, 3.63) is 0 Å². The van der Waals surface area contributed by atoms with Crippen LogP contribution in [0.3, 0.4) is 0 Å². The standard InChI is InChI=1S/C5H13N5O/c6-2-1-3-9-4(7)10-5(8)11/h1-3,6H2,(H5,7,8,9,10,11). The number of urea groups is 1. The monoisotopic (exact) mass is 159 g/mol. The Kier molecular flexibility index (Phi) is 4.83. The van der Waals surface area contributed by atoms with Crippen molar-refractivity contribution in [1.29, 1.82) is 0 Å². The molecule has 0 bridgehead atoms. The van der Waals surface area contributed by atoms with Crippen molar-refractivity contribution in [2.45, 2.75) is 6.42 Å². The summed E-state index contributed by atoms with van der Waals surface area (Å²) in [4.78, 5) is 13.9. The van der Waals surface area contributed by atoms with Crippen molar-refractivity contribution < 1.29 is 4.79 Å². The molecule has 2 amide bonds. The fourth-order valence-corrected chi connectivity index (χ4v) is 0.457. The maximum absolute atomic E-state index is 10.2. The first-order chi connectivity index (χ1) is 5.16. The number of carbonyl (C=O) groups excluding carboxylic acids is 1. The molecule has 6 nitrogen and oxygen atoms in total. The predicted octanol–water partition coefficient (Wildman–Crippen LogP) is -1.68. The summed E-state index contributed by atoms with van der Waals surface area (Å²) in [5.74, 6) is 0.0333. The second kappa shape index (κ2) is 5.48. The number of rotatable bonds is 3. The molecule has 0 rings (SSSR count). The van der Waals surface area contributed by atoms with Gasteiger partial charge in [-0.25, -0.2) is 4.79 Å². The van der Waals surface area contributed by atoms with Crippen LogP contribution in [-0.4, -0.2) is 25.1 Å². The topological polar surface area (TPSA) is 120 Å². The van der Waals surface area contributed by atoms with Gasteiger partial charge in [0.25, 0.3) is 0 Å². The molecule has 0 radical (unpaired) electrons. The number of guanidine groups is 1. The first-order valence-electron chi connectivity index (χ1n) is 3.23. The summed E-state index contributed by atoms with van der Waals surface area (Å²) in [6.45, 7) is 1.05. The smallest absolute Gasteiger partial charge is 0.318 e. The lowest BCUT2D eigenvalue weighted by molar-refractivity contribution is 0.253. The molecule has 6 heteroatoms. The first kappa shape index (κ1) is 9.70. The van der Waals surface area contributed by atoms with Crippen LogP contribution >= 0.6 is 0 Å². The van der Waals surface area contributed by atoms with Crippen molar-refractivity contribution in [2.75, 3.05) is 13.1 Å². The van der Waals surface area contributed by atoms with Gasteiger partial charge in [0, 0.05) is 6.54 Å². The Hall–Kier alpha value is -1.30. The molecule has 0 aromatic heterocycles. The van der Waals surface area contributed by atoms with Crippen molar-refractivity contribution >= 4 is 12.0 Å². The third-order valence-electron chi connectivity index (χ3n) is 0.896. The fraction of sp³-hybridized carbons (Fsp3) is 0.600. The number of nitrogens with two attached hydrogens (primary N) is 3. The van der Waals surface area contributed by atoms with Crippen LogP contribution in [0.25, 0.3) is 0 Å². The number of hydrogen-bond acceptors (Lipinski definition) is 3. The van der Waals surface area contributed by atoms with Crippen LogP contribution in [0.4, 0.5) is 4.79 Å². The van der Waals surface area contributed by atoms with Crippen LogP contribution in [0.15, 0.2) is 4.99 Å². The van der Waals surface area contributed by atoms with Crippen molar-refractivity contribution in [3.63, 3.8) is 0 Å². The largest absolute Gasteiger partial charge is 0.370 e. The molecule has 0 aromatic rings. The maximum Gasteiger partial charge on any atom is 0.318 e. The van der Waals surface area contributed by atoms with Crippen molar-refractivity contribution in [3.8, 4) is 0 Å². The van der Waals surface area contributed by atoms with E-state index in [4.69, 9.17) is 17.2 Å². The average Bonchev–Trinajstić information content (AvgIpc) is 1.86. The van der Waals surface area contributed by atoms with Crippen LogP contribution in [-0.2, 0) is 0 Å². The molecule has 0 spiro atoms. The molecule has 0 unspecified atom stereocenters. The van der Waals surface area contributed by atoms with E-state index in [9.17, 15) is 4.79 Å². The van der Waals surface area contributed by atoms with E-state index in [1.807, 2.05) is 0 Å². The van der Waals surface area contributed by atoms with Gasteiger partial charge in [-0.15, -0.1) is 0 Å². The Balaban J connectivity index is 3.54. The molecule has 0 aliphatic carbocycles. The van der Waals surface area contributed by atoms with Gasteiger partial charge in [-0.2, -0.15) is 0 Å². The van der Waals surface area contributed by atoms with Crippen molar-refractivity contribution in [1.82, 2.24) is 5.32 Å². The van der Waals surface area contributed by atoms with Crippen molar-refractivity contribution in [2.24, 2.45) is 22.2 Å². The molecule has 0 heterocycles. The Morgan fingerprint density at radius 3 is 2.55 bits per heavy atom. The number of hydrogen-bond donors (Lipinski definition) is 4. The zero-order chi connectivity index (χ0) is 8.69. The molecule has 0 aliphatic heterocycles. The molecular weight excluding hydrogens is 146 g/mol. The van der Waals surface area contributed by atoms with E-state index in [1.54, 1.807) is 0 Å². The van der Waals surface area contributed by atoms with Gasteiger partial charge in [-0.3, -0.25) is 10.3 Å². The van der Waals surface area contributed by atoms with Gasteiger partial charge in [0.15, 0.2) is 5.96 Å². The van der Waals surface area contributed by atoms with E-state index in [0.29, 0.717) is 13.1 Å². The zero-order valence-electron chi connectivity index (χ0n) is 6.21. The fourth-order valence-electron chi connectivity index (χ4n) is 0.457. The molecule has 0 saturated heterocycles. The van der Waals surface area contributed by atoms with E-state index >= 15 is 0 Å². The number of nitrogens with one attached hydrogen (secondary N) is 1. The lowest BCUT2D eigenvalue weighted by Crippen LogP contribution is -2.40. The molecule has 0 aliphatic rings. The molecule has 0 atom stereocenters. The summed E-state index contributed by atoms with van der Waals surface area (Å²) in [5.41, 5.74) is 15.2. The SMILES string of the molecule is NCCCN=C(N)NC(N)=O. The van der Waals surface area contributed by atoms with Gasteiger partial charge in [0.1, 0.15) is 0 Å². The highest BCUT2D eigenvalue weighted by Crippen LogP contribution is 1.75. The highest BCUT2D eigenvalue weighted by atomic mass is 16.2. The molecule has 64 valence electrons. The molecule has 7 N–H and O–H groups in total. The summed E-state index contributed by atoms with van der Waals surface area (Å²) in [6.07, 6.45) is 0.737. The molecule has 0 saturated carbocycles. The summed E-state index contributed by atoms with van der Waals surface area (Å²) >= 11 is 0.